The van der Waals surface area contributed by atoms with E-state index in [1.807, 2.05) is 0 Å². The van der Waals surface area contributed by atoms with Gasteiger partial charge in [0.1, 0.15) is 5.82 Å². The zero-order chi connectivity index (χ0) is 24.2. The molecule has 1 aliphatic heterocycles. The van der Waals surface area contributed by atoms with Gasteiger partial charge in [-0.1, -0.05) is 71.9 Å². The molecule has 35 heavy (non-hydrogen) atoms. The van der Waals surface area contributed by atoms with Gasteiger partial charge in [0, 0.05) is 19.6 Å². The first kappa shape index (κ1) is 23.6. The highest BCUT2D eigenvalue weighted by molar-refractivity contribution is 7.99. The quantitative estimate of drug-likeness (QED) is 0.354. The van der Waals surface area contributed by atoms with E-state index < -0.39 is 0 Å². The molecule has 1 fully saturated rings. The molecular weight excluding hydrogens is 456 g/mol. The van der Waals surface area contributed by atoms with Crippen LogP contribution in [0.15, 0.2) is 65.8 Å². The molecule has 1 saturated heterocycles. The maximum Gasteiger partial charge on any atom is 0.230 e. The maximum atomic E-state index is 12.5. The fraction of sp³-hybridized carbons (Fsp3) is 0.321. The van der Waals surface area contributed by atoms with Crippen molar-refractivity contribution < 1.29 is 9.53 Å². The highest BCUT2D eigenvalue weighted by Crippen LogP contribution is 2.28. The minimum absolute atomic E-state index is 0.0173. The largest absolute Gasteiger partial charge is 0.376 e. The summed E-state index contributed by atoms with van der Waals surface area (Å²) in [6.07, 6.45) is 2.85. The molecule has 0 radical (unpaired) electrons. The molecule has 6 nitrogen and oxygen atoms in total. The number of rotatable bonds is 8. The number of amides is 1. The van der Waals surface area contributed by atoms with Crippen LogP contribution in [-0.2, 0) is 16.0 Å². The lowest BCUT2D eigenvalue weighted by atomic mass is 10.0. The molecule has 5 rings (SSSR count). The second-order valence-electron chi connectivity index (χ2n) is 9.07. The van der Waals surface area contributed by atoms with Gasteiger partial charge in [0.25, 0.3) is 0 Å². The summed E-state index contributed by atoms with van der Waals surface area (Å²) in [6.45, 7) is 5.55. The second kappa shape index (κ2) is 10.6. The van der Waals surface area contributed by atoms with Gasteiger partial charge in [-0.05, 0) is 54.7 Å². The number of carbonyl (C=O) groups excluding carboxylic acids is 1. The van der Waals surface area contributed by atoms with Gasteiger partial charge in [-0.15, -0.1) is 10.2 Å². The zero-order valence-electron chi connectivity index (χ0n) is 20.2. The number of aryl methyl sites for hydroxylation is 2. The number of carbonyl (C=O) groups is 1. The first-order valence-electron chi connectivity index (χ1n) is 12.1. The van der Waals surface area contributed by atoms with Crippen molar-refractivity contribution in [1.29, 1.82) is 0 Å². The average molecular weight is 487 g/mol. The van der Waals surface area contributed by atoms with Crippen LogP contribution in [0.1, 0.15) is 35.4 Å². The molecule has 0 saturated carbocycles. The first-order chi connectivity index (χ1) is 17.1. The van der Waals surface area contributed by atoms with E-state index in [4.69, 9.17) is 4.74 Å². The molecule has 0 spiro atoms. The number of fused-ring (bicyclic) bond motifs is 1. The molecule has 2 heterocycles. The third-order valence-electron chi connectivity index (χ3n) is 6.41. The van der Waals surface area contributed by atoms with Gasteiger partial charge in [0.05, 0.1) is 17.5 Å². The Morgan fingerprint density at radius 2 is 1.97 bits per heavy atom. The molecule has 0 bridgehead atoms. The molecule has 1 N–H and O–H groups in total. The van der Waals surface area contributed by atoms with Crippen LogP contribution in [-0.4, -0.2) is 45.7 Å². The minimum Gasteiger partial charge on any atom is -0.376 e. The van der Waals surface area contributed by atoms with Gasteiger partial charge in [-0.2, -0.15) is 0 Å². The van der Waals surface area contributed by atoms with Crippen molar-refractivity contribution in [3.8, 4) is 5.69 Å². The van der Waals surface area contributed by atoms with Crippen LogP contribution in [0.3, 0.4) is 0 Å². The SMILES string of the molecule is Cc1ccc(-n2c(Cc3cccc4ccccc34)nnc2SCC(=O)NC[C@@H]2CCCO2)c(C)c1. The van der Waals surface area contributed by atoms with Crippen molar-refractivity contribution in [3.63, 3.8) is 0 Å². The minimum atomic E-state index is -0.0173. The summed E-state index contributed by atoms with van der Waals surface area (Å²) in [5, 5.41) is 15.2. The third kappa shape index (κ3) is 5.41. The van der Waals surface area contributed by atoms with Crippen molar-refractivity contribution in [1.82, 2.24) is 20.1 Å². The molecule has 1 atom stereocenters. The molecule has 1 aliphatic rings. The first-order valence-corrected chi connectivity index (χ1v) is 13.1. The van der Waals surface area contributed by atoms with Crippen LogP contribution in [0.25, 0.3) is 16.5 Å². The van der Waals surface area contributed by atoms with Crippen molar-refractivity contribution in [2.75, 3.05) is 18.9 Å². The Kier molecular flexibility index (Phi) is 7.16. The summed E-state index contributed by atoms with van der Waals surface area (Å²) in [7, 11) is 0. The predicted octanol–water partition coefficient (Wildman–Crippen LogP) is 5.02. The topological polar surface area (TPSA) is 69.0 Å². The summed E-state index contributed by atoms with van der Waals surface area (Å²) < 4.78 is 7.71. The summed E-state index contributed by atoms with van der Waals surface area (Å²) in [5.41, 5.74) is 4.59. The van der Waals surface area contributed by atoms with Crippen LogP contribution in [0.5, 0.6) is 0 Å². The zero-order valence-corrected chi connectivity index (χ0v) is 21.0. The Bertz CT molecular complexity index is 1340. The van der Waals surface area contributed by atoms with E-state index in [-0.39, 0.29) is 17.8 Å². The van der Waals surface area contributed by atoms with Crippen LogP contribution in [0.4, 0.5) is 0 Å². The Morgan fingerprint density at radius 3 is 2.80 bits per heavy atom. The molecule has 0 unspecified atom stereocenters. The Labute approximate surface area is 210 Å². The summed E-state index contributed by atoms with van der Waals surface area (Å²) in [4.78, 5) is 12.5. The number of nitrogens with one attached hydrogen (secondary N) is 1. The lowest BCUT2D eigenvalue weighted by Crippen LogP contribution is -2.32. The number of hydrogen-bond acceptors (Lipinski definition) is 5. The molecule has 7 heteroatoms. The second-order valence-corrected chi connectivity index (χ2v) is 10.0. The number of benzene rings is 3. The van der Waals surface area contributed by atoms with Gasteiger partial charge < -0.3 is 10.1 Å². The summed E-state index contributed by atoms with van der Waals surface area (Å²) in [5.74, 6) is 1.12. The van der Waals surface area contributed by atoms with Crippen molar-refractivity contribution in [3.05, 3.63) is 83.2 Å². The van der Waals surface area contributed by atoms with Crippen molar-refractivity contribution in [2.45, 2.75) is 44.4 Å². The summed E-state index contributed by atoms with van der Waals surface area (Å²) >= 11 is 1.42. The van der Waals surface area contributed by atoms with Crippen molar-refractivity contribution >= 4 is 28.4 Å². The van der Waals surface area contributed by atoms with E-state index in [0.29, 0.717) is 13.0 Å². The van der Waals surface area contributed by atoms with Gasteiger partial charge in [0.2, 0.25) is 5.91 Å². The van der Waals surface area contributed by atoms with E-state index in [9.17, 15) is 4.79 Å². The van der Waals surface area contributed by atoms with Crippen LogP contribution in [0, 0.1) is 13.8 Å². The van der Waals surface area contributed by atoms with Gasteiger partial charge >= 0.3 is 0 Å². The Hall–Kier alpha value is -3.16. The third-order valence-corrected chi connectivity index (χ3v) is 7.33. The highest BCUT2D eigenvalue weighted by Gasteiger charge is 2.20. The summed E-state index contributed by atoms with van der Waals surface area (Å²) in [6, 6.07) is 21.2. The molecule has 180 valence electrons. The van der Waals surface area contributed by atoms with Crippen LogP contribution >= 0.6 is 11.8 Å². The lowest BCUT2D eigenvalue weighted by Gasteiger charge is -2.14. The molecule has 3 aromatic carbocycles. The van der Waals surface area contributed by atoms with E-state index >= 15 is 0 Å². The fourth-order valence-corrected chi connectivity index (χ4v) is 5.43. The monoisotopic (exact) mass is 486 g/mol. The molecular formula is C28H30N4O2S. The lowest BCUT2D eigenvalue weighted by molar-refractivity contribution is -0.119. The van der Waals surface area contributed by atoms with Crippen LogP contribution in [0.2, 0.25) is 0 Å². The number of nitrogens with zero attached hydrogens (tertiary/aromatic N) is 3. The maximum absolute atomic E-state index is 12.5. The number of thioether (sulfide) groups is 1. The number of hydrogen-bond donors (Lipinski definition) is 1. The Balaban J connectivity index is 1.42. The molecule has 0 aliphatic carbocycles. The van der Waals surface area contributed by atoms with E-state index in [1.165, 1.54) is 33.7 Å². The number of ether oxygens (including phenoxy) is 1. The van der Waals surface area contributed by atoms with Gasteiger partial charge in [-0.25, -0.2) is 0 Å². The fourth-order valence-electron chi connectivity index (χ4n) is 4.64. The smallest absolute Gasteiger partial charge is 0.230 e. The van der Waals surface area contributed by atoms with Crippen molar-refractivity contribution in [2.24, 2.45) is 0 Å². The highest BCUT2D eigenvalue weighted by atomic mass is 32.2. The van der Waals surface area contributed by atoms with Gasteiger partial charge in [0.15, 0.2) is 5.16 Å². The number of aromatic nitrogens is 3. The predicted molar refractivity (Wildman–Crippen MR) is 140 cm³/mol. The van der Waals surface area contributed by atoms with E-state index in [2.05, 4.69) is 94.6 Å². The Morgan fingerprint density at radius 1 is 1.11 bits per heavy atom. The standard InChI is InChI=1S/C28H30N4O2S/c1-19-12-13-25(20(2)15-19)32-26(16-22-9-5-8-21-7-3-4-11-24(21)22)30-31-28(32)35-18-27(33)29-17-23-10-6-14-34-23/h3-5,7-9,11-13,15,23H,6,10,14,16-18H2,1-2H3,(H,29,33)/t23-/m0/s1. The molecule has 1 amide bonds. The van der Waals surface area contributed by atoms with Crippen LogP contribution < -0.4 is 5.32 Å². The van der Waals surface area contributed by atoms with E-state index in [0.717, 1.165) is 41.7 Å². The average Bonchev–Trinajstić information content (AvgIpc) is 3.52. The van der Waals surface area contributed by atoms with Gasteiger partial charge in [-0.3, -0.25) is 9.36 Å². The molecule has 1 aromatic heterocycles. The molecule has 4 aromatic rings. The van der Waals surface area contributed by atoms with E-state index in [1.54, 1.807) is 0 Å². The normalized spacial score (nSPS) is 15.5.